The molecule has 6 nitrogen and oxygen atoms in total. The van der Waals surface area contributed by atoms with Gasteiger partial charge in [-0.2, -0.15) is 0 Å². The van der Waals surface area contributed by atoms with Crippen LogP contribution in [-0.4, -0.2) is 39.3 Å². The van der Waals surface area contributed by atoms with Gasteiger partial charge in [-0.1, -0.05) is 6.07 Å². The summed E-state index contributed by atoms with van der Waals surface area (Å²) in [4.78, 5) is 6.65. The molecule has 0 unspecified atom stereocenters. The van der Waals surface area contributed by atoms with Crippen molar-refractivity contribution in [1.82, 2.24) is 20.1 Å². The minimum atomic E-state index is 0.247. The number of hydrogen-bond acceptors (Lipinski definition) is 6. The molecule has 122 valence electrons. The van der Waals surface area contributed by atoms with Crippen LogP contribution in [-0.2, 0) is 17.9 Å². The number of likely N-dealkylation sites (tertiary alicyclic amines) is 1. The van der Waals surface area contributed by atoms with E-state index in [-0.39, 0.29) is 6.10 Å². The van der Waals surface area contributed by atoms with Crippen molar-refractivity contribution in [3.63, 3.8) is 0 Å². The molecule has 2 aromatic heterocycles. The lowest BCUT2D eigenvalue weighted by Crippen LogP contribution is -2.39. The highest BCUT2D eigenvalue weighted by atomic mass is 16.5. The molecular weight excluding hydrogens is 292 g/mol. The quantitative estimate of drug-likeness (QED) is 0.816. The average molecular weight is 314 g/mol. The van der Waals surface area contributed by atoms with Gasteiger partial charge in [0.25, 0.3) is 0 Å². The third-order valence-electron chi connectivity index (χ3n) is 4.42. The number of nitrogens with zero attached hydrogens (tertiary/aromatic N) is 4. The summed E-state index contributed by atoms with van der Waals surface area (Å²) in [6.45, 7) is 3.27. The summed E-state index contributed by atoms with van der Waals surface area (Å²) < 4.78 is 11.8. The molecule has 0 aromatic carbocycles. The van der Waals surface area contributed by atoms with E-state index in [0.29, 0.717) is 12.5 Å². The maximum atomic E-state index is 6.02. The van der Waals surface area contributed by atoms with Crippen LogP contribution >= 0.6 is 0 Å². The zero-order valence-electron chi connectivity index (χ0n) is 13.2. The van der Waals surface area contributed by atoms with Gasteiger partial charge in [-0.05, 0) is 44.4 Å². The van der Waals surface area contributed by atoms with E-state index in [4.69, 9.17) is 9.15 Å². The van der Waals surface area contributed by atoms with Crippen molar-refractivity contribution in [1.29, 1.82) is 0 Å². The fourth-order valence-corrected chi connectivity index (χ4v) is 3.00. The van der Waals surface area contributed by atoms with Crippen molar-refractivity contribution >= 4 is 0 Å². The van der Waals surface area contributed by atoms with E-state index in [0.717, 1.165) is 50.0 Å². The Labute approximate surface area is 135 Å². The first-order valence-electron chi connectivity index (χ1n) is 8.43. The second kappa shape index (κ2) is 6.76. The van der Waals surface area contributed by atoms with Gasteiger partial charge < -0.3 is 9.15 Å². The molecule has 0 spiro atoms. The van der Waals surface area contributed by atoms with Gasteiger partial charge in [0.1, 0.15) is 0 Å². The van der Waals surface area contributed by atoms with Gasteiger partial charge in [-0.3, -0.25) is 9.88 Å². The first-order chi connectivity index (χ1) is 11.4. The topological polar surface area (TPSA) is 64.3 Å². The lowest BCUT2D eigenvalue weighted by molar-refractivity contribution is -0.0150. The molecule has 2 fully saturated rings. The Morgan fingerprint density at radius 3 is 3.00 bits per heavy atom. The molecule has 1 aliphatic heterocycles. The highest BCUT2D eigenvalue weighted by Gasteiger charge is 2.30. The summed E-state index contributed by atoms with van der Waals surface area (Å²) in [7, 11) is 0. The smallest absolute Gasteiger partial charge is 0.230 e. The lowest BCUT2D eigenvalue weighted by atomic mass is 10.1. The lowest BCUT2D eigenvalue weighted by Gasteiger charge is -2.31. The number of pyridine rings is 1. The minimum Gasteiger partial charge on any atom is -0.424 e. The Bertz CT molecular complexity index is 627. The van der Waals surface area contributed by atoms with Crippen LogP contribution < -0.4 is 0 Å². The summed E-state index contributed by atoms with van der Waals surface area (Å²) in [5, 5.41) is 8.34. The van der Waals surface area contributed by atoms with Crippen LogP contribution in [0.25, 0.3) is 0 Å². The van der Waals surface area contributed by atoms with Gasteiger partial charge in [-0.15, -0.1) is 10.2 Å². The predicted molar refractivity (Wildman–Crippen MR) is 83.6 cm³/mol. The minimum absolute atomic E-state index is 0.247. The molecule has 1 saturated heterocycles. The van der Waals surface area contributed by atoms with E-state index in [9.17, 15) is 0 Å². The molecule has 2 aliphatic rings. The zero-order chi connectivity index (χ0) is 15.5. The third kappa shape index (κ3) is 3.95. The highest BCUT2D eigenvalue weighted by molar-refractivity contribution is 5.02. The second-order valence-corrected chi connectivity index (χ2v) is 6.44. The molecular formula is C17H22N4O2. The zero-order valence-corrected chi connectivity index (χ0v) is 13.2. The second-order valence-electron chi connectivity index (χ2n) is 6.44. The van der Waals surface area contributed by atoms with E-state index < -0.39 is 0 Å². The van der Waals surface area contributed by atoms with E-state index in [1.165, 1.54) is 12.8 Å². The monoisotopic (exact) mass is 314 g/mol. The molecule has 0 amide bonds. The maximum Gasteiger partial charge on any atom is 0.230 e. The standard InChI is InChI=1S/C17H22N4O2/c1-2-8-18-14(4-1)12-22-15-5-3-9-21(10-15)11-16-19-20-17(23-16)13-6-7-13/h1-2,4,8,13,15H,3,5-7,9-12H2/t15-/m0/s1. The Hall–Kier alpha value is -1.79. The molecule has 3 heterocycles. The van der Waals surface area contributed by atoms with E-state index in [1.807, 2.05) is 18.2 Å². The molecule has 0 radical (unpaired) electrons. The summed E-state index contributed by atoms with van der Waals surface area (Å²) in [6.07, 6.45) is 6.66. The van der Waals surface area contributed by atoms with Crippen LogP contribution in [0.1, 0.15) is 49.1 Å². The third-order valence-corrected chi connectivity index (χ3v) is 4.42. The van der Waals surface area contributed by atoms with Gasteiger partial charge in [-0.25, -0.2) is 0 Å². The Morgan fingerprint density at radius 1 is 1.22 bits per heavy atom. The van der Waals surface area contributed by atoms with Crippen LogP contribution in [0, 0.1) is 0 Å². The highest BCUT2D eigenvalue weighted by Crippen LogP contribution is 2.39. The normalized spacial score (nSPS) is 22.3. The summed E-state index contributed by atoms with van der Waals surface area (Å²) in [6, 6.07) is 5.91. The van der Waals surface area contributed by atoms with Gasteiger partial charge in [0, 0.05) is 18.7 Å². The molecule has 23 heavy (non-hydrogen) atoms. The van der Waals surface area contributed by atoms with Crippen molar-refractivity contribution in [2.45, 2.75) is 50.9 Å². The van der Waals surface area contributed by atoms with Crippen molar-refractivity contribution in [2.75, 3.05) is 13.1 Å². The summed E-state index contributed by atoms with van der Waals surface area (Å²) in [5.74, 6) is 2.07. The summed E-state index contributed by atoms with van der Waals surface area (Å²) in [5.41, 5.74) is 0.982. The maximum absolute atomic E-state index is 6.02. The van der Waals surface area contributed by atoms with Crippen LogP contribution in [0.3, 0.4) is 0 Å². The number of piperidine rings is 1. The molecule has 0 bridgehead atoms. The van der Waals surface area contributed by atoms with Crippen LogP contribution in [0.15, 0.2) is 28.8 Å². The molecule has 1 atom stereocenters. The van der Waals surface area contributed by atoms with Crippen LogP contribution in [0.2, 0.25) is 0 Å². The Kier molecular flexibility index (Phi) is 4.35. The van der Waals surface area contributed by atoms with Gasteiger partial charge >= 0.3 is 0 Å². The van der Waals surface area contributed by atoms with Gasteiger partial charge in [0.05, 0.1) is 24.9 Å². The van der Waals surface area contributed by atoms with E-state index in [1.54, 1.807) is 6.20 Å². The number of ether oxygens (including phenoxy) is 1. The number of rotatable bonds is 6. The molecule has 4 rings (SSSR count). The molecule has 1 aliphatic carbocycles. The fraction of sp³-hybridized carbons (Fsp3) is 0.588. The van der Waals surface area contributed by atoms with Gasteiger partial charge in [0.2, 0.25) is 11.8 Å². The number of hydrogen-bond donors (Lipinski definition) is 0. The van der Waals surface area contributed by atoms with Crippen molar-refractivity contribution < 1.29 is 9.15 Å². The van der Waals surface area contributed by atoms with E-state index in [2.05, 4.69) is 20.1 Å². The first-order valence-corrected chi connectivity index (χ1v) is 8.43. The Balaban J connectivity index is 1.28. The SMILES string of the molecule is c1ccc(CO[C@H]2CCCN(Cc3nnc(C4CC4)o3)C2)nc1. The van der Waals surface area contributed by atoms with Crippen molar-refractivity contribution in [2.24, 2.45) is 0 Å². The molecule has 2 aromatic rings. The molecule has 1 saturated carbocycles. The van der Waals surface area contributed by atoms with E-state index >= 15 is 0 Å². The van der Waals surface area contributed by atoms with Gasteiger partial charge in [0.15, 0.2) is 0 Å². The first kappa shape index (κ1) is 14.8. The fourth-order valence-electron chi connectivity index (χ4n) is 3.00. The molecule has 6 heteroatoms. The van der Waals surface area contributed by atoms with Crippen molar-refractivity contribution in [3.8, 4) is 0 Å². The molecule has 0 N–H and O–H groups in total. The average Bonchev–Trinajstić information content (AvgIpc) is 3.34. The van der Waals surface area contributed by atoms with Crippen LogP contribution in [0.5, 0.6) is 0 Å². The largest absolute Gasteiger partial charge is 0.424 e. The predicted octanol–water partition coefficient (Wildman–Crippen LogP) is 2.52. The van der Waals surface area contributed by atoms with Crippen molar-refractivity contribution in [3.05, 3.63) is 41.9 Å². The summed E-state index contributed by atoms with van der Waals surface area (Å²) >= 11 is 0. The van der Waals surface area contributed by atoms with Crippen LogP contribution in [0.4, 0.5) is 0 Å². The number of aromatic nitrogens is 3. The Morgan fingerprint density at radius 2 is 2.17 bits per heavy atom.